The van der Waals surface area contributed by atoms with Crippen molar-refractivity contribution in [1.29, 1.82) is 0 Å². The molecule has 2 nitrogen and oxygen atoms in total. The Morgan fingerprint density at radius 1 is 1.15 bits per heavy atom. The van der Waals surface area contributed by atoms with Crippen LogP contribution in [0, 0.1) is 5.82 Å². The van der Waals surface area contributed by atoms with Crippen LogP contribution >= 0.6 is 11.6 Å². The molecule has 0 heterocycles. The van der Waals surface area contributed by atoms with Crippen molar-refractivity contribution in [2.75, 3.05) is 18.5 Å². The third-order valence-corrected chi connectivity index (χ3v) is 3.59. The van der Waals surface area contributed by atoms with Crippen LogP contribution in [-0.4, -0.2) is 13.6 Å². The number of nitrogens with two attached hydrogens (primary N) is 1. The van der Waals surface area contributed by atoms with E-state index in [0.29, 0.717) is 13.1 Å². The molecule has 2 rings (SSSR count). The number of rotatable bonds is 5. The summed E-state index contributed by atoms with van der Waals surface area (Å²) in [5, 5.41) is 0.735. The average molecular weight is 293 g/mol. The van der Waals surface area contributed by atoms with Crippen LogP contribution < -0.4 is 10.6 Å². The molecule has 0 aliphatic rings. The van der Waals surface area contributed by atoms with Crippen LogP contribution in [0.4, 0.5) is 10.1 Å². The van der Waals surface area contributed by atoms with Crippen molar-refractivity contribution < 1.29 is 4.39 Å². The summed E-state index contributed by atoms with van der Waals surface area (Å²) in [6.07, 6.45) is 0.739. The lowest BCUT2D eigenvalue weighted by Gasteiger charge is -2.23. The minimum Gasteiger partial charge on any atom is -0.370 e. The molecule has 0 aromatic heterocycles. The maximum absolute atomic E-state index is 12.9. The molecule has 4 heteroatoms. The lowest BCUT2D eigenvalue weighted by Crippen LogP contribution is -2.19. The van der Waals surface area contributed by atoms with E-state index in [0.717, 1.165) is 28.3 Å². The molecule has 0 spiro atoms. The van der Waals surface area contributed by atoms with E-state index in [1.54, 1.807) is 12.1 Å². The number of benzene rings is 2. The smallest absolute Gasteiger partial charge is 0.123 e. The van der Waals surface area contributed by atoms with Gasteiger partial charge in [0.1, 0.15) is 5.82 Å². The fourth-order valence-electron chi connectivity index (χ4n) is 2.25. The van der Waals surface area contributed by atoms with Crippen LogP contribution in [0.5, 0.6) is 0 Å². The van der Waals surface area contributed by atoms with Crippen LogP contribution in [0.25, 0.3) is 0 Å². The maximum atomic E-state index is 12.9. The Morgan fingerprint density at radius 3 is 2.50 bits per heavy atom. The lowest BCUT2D eigenvalue weighted by molar-refractivity contribution is 0.627. The summed E-state index contributed by atoms with van der Waals surface area (Å²) in [4.78, 5) is 2.10. The molecule has 0 saturated carbocycles. The van der Waals surface area contributed by atoms with Gasteiger partial charge in [0.2, 0.25) is 0 Å². The van der Waals surface area contributed by atoms with Gasteiger partial charge in [-0.2, -0.15) is 0 Å². The average Bonchev–Trinajstić information content (AvgIpc) is 2.43. The van der Waals surface area contributed by atoms with Crippen molar-refractivity contribution in [3.8, 4) is 0 Å². The van der Waals surface area contributed by atoms with E-state index in [2.05, 4.69) is 4.90 Å². The van der Waals surface area contributed by atoms with Crippen LogP contribution in [0.3, 0.4) is 0 Å². The Bertz CT molecular complexity index is 569. The van der Waals surface area contributed by atoms with Crippen molar-refractivity contribution in [1.82, 2.24) is 0 Å². The minimum atomic E-state index is -0.219. The van der Waals surface area contributed by atoms with E-state index in [4.69, 9.17) is 17.3 Å². The van der Waals surface area contributed by atoms with E-state index < -0.39 is 0 Å². The third kappa shape index (κ3) is 3.50. The second-order valence-corrected chi connectivity index (χ2v) is 5.17. The van der Waals surface area contributed by atoms with Crippen molar-refractivity contribution in [3.63, 3.8) is 0 Å². The van der Waals surface area contributed by atoms with Crippen LogP contribution in [0.15, 0.2) is 42.5 Å². The van der Waals surface area contributed by atoms with Gasteiger partial charge >= 0.3 is 0 Å². The maximum Gasteiger partial charge on any atom is 0.123 e. The Morgan fingerprint density at radius 2 is 1.85 bits per heavy atom. The topological polar surface area (TPSA) is 29.3 Å². The summed E-state index contributed by atoms with van der Waals surface area (Å²) < 4.78 is 12.9. The molecule has 2 N–H and O–H groups in total. The fourth-order valence-corrected chi connectivity index (χ4v) is 2.51. The van der Waals surface area contributed by atoms with Gasteiger partial charge < -0.3 is 10.6 Å². The van der Waals surface area contributed by atoms with Crippen molar-refractivity contribution in [3.05, 3.63) is 64.4 Å². The predicted octanol–water partition coefficient (Wildman–Crippen LogP) is 3.62. The first-order valence-electron chi connectivity index (χ1n) is 6.55. The quantitative estimate of drug-likeness (QED) is 0.912. The molecule has 0 atom stereocenters. The molecular formula is C16H18ClFN2. The summed E-state index contributed by atoms with van der Waals surface area (Å²) in [5.41, 5.74) is 8.82. The van der Waals surface area contributed by atoms with Crippen LogP contribution in [0.1, 0.15) is 11.1 Å². The molecule has 106 valence electrons. The molecule has 20 heavy (non-hydrogen) atoms. The van der Waals surface area contributed by atoms with Crippen LogP contribution in [0.2, 0.25) is 5.02 Å². The molecule has 0 saturated heterocycles. The number of hydrogen-bond donors (Lipinski definition) is 1. The highest BCUT2D eigenvalue weighted by atomic mass is 35.5. The molecule has 0 amide bonds. The van der Waals surface area contributed by atoms with Gasteiger partial charge in [0, 0.05) is 24.3 Å². The molecule has 0 radical (unpaired) electrons. The van der Waals surface area contributed by atoms with Crippen molar-refractivity contribution in [2.24, 2.45) is 5.73 Å². The summed E-state index contributed by atoms with van der Waals surface area (Å²) in [6, 6.07) is 12.4. The fraction of sp³-hybridized carbons (Fsp3) is 0.250. The first-order valence-corrected chi connectivity index (χ1v) is 6.92. The Kier molecular flexibility index (Phi) is 4.99. The highest BCUT2D eigenvalue weighted by Crippen LogP contribution is 2.28. The first-order chi connectivity index (χ1) is 9.61. The molecule has 2 aromatic carbocycles. The minimum absolute atomic E-state index is 0.219. The highest BCUT2D eigenvalue weighted by Gasteiger charge is 2.10. The molecule has 0 fully saturated rings. The van der Waals surface area contributed by atoms with Gasteiger partial charge in [0.15, 0.2) is 0 Å². The predicted molar refractivity (Wildman–Crippen MR) is 82.7 cm³/mol. The lowest BCUT2D eigenvalue weighted by atomic mass is 10.1. The summed E-state index contributed by atoms with van der Waals surface area (Å²) in [6.45, 7) is 1.25. The summed E-state index contributed by atoms with van der Waals surface area (Å²) >= 11 is 6.24. The molecule has 0 aliphatic carbocycles. The van der Waals surface area contributed by atoms with Crippen molar-refractivity contribution >= 4 is 17.3 Å². The molecule has 0 unspecified atom stereocenters. The van der Waals surface area contributed by atoms with E-state index in [1.807, 2.05) is 25.2 Å². The standard InChI is InChI=1S/C16H18ClFN2/c1-20(11-12-5-7-13(18)8-6-12)16-4-2-3-15(17)14(16)9-10-19/h2-8H,9-11,19H2,1H3. The van der Waals surface area contributed by atoms with E-state index in [9.17, 15) is 4.39 Å². The van der Waals surface area contributed by atoms with E-state index in [-0.39, 0.29) is 5.82 Å². The SMILES string of the molecule is CN(Cc1ccc(F)cc1)c1cccc(Cl)c1CCN. The van der Waals surface area contributed by atoms with E-state index in [1.165, 1.54) is 12.1 Å². The van der Waals surface area contributed by atoms with Gasteiger partial charge in [-0.1, -0.05) is 29.8 Å². The monoisotopic (exact) mass is 292 g/mol. The van der Waals surface area contributed by atoms with Gasteiger partial charge in [-0.05, 0) is 48.4 Å². The zero-order valence-electron chi connectivity index (χ0n) is 11.4. The van der Waals surface area contributed by atoms with Crippen LogP contribution in [-0.2, 0) is 13.0 Å². The number of nitrogens with zero attached hydrogens (tertiary/aromatic N) is 1. The zero-order chi connectivity index (χ0) is 14.5. The number of anilines is 1. The Balaban J connectivity index is 2.22. The number of halogens is 2. The normalized spacial score (nSPS) is 10.6. The van der Waals surface area contributed by atoms with Gasteiger partial charge in [0.05, 0.1) is 0 Å². The largest absolute Gasteiger partial charge is 0.370 e. The Hall–Kier alpha value is -1.58. The van der Waals surface area contributed by atoms with Gasteiger partial charge in [-0.25, -0.2) is 4.39 Å². The molecule has 0 aliphatic heterocycles. The highest BCUT2D eigenvalue weighted by molar-refractivity contribution is 6.31. The summed E-state index contributed by atoms with van der Waals surface area (Å²) in [7, 11) is 2.00. The molecular weight excluding hydrogens is 275 g/mol. The third-order valence-electron chi connectivity index (χ3n) is 3.23. The first kappa shape index (κ1) is 14.8. The summed E-state index contributed by atoms with van der Waals surface area (Å²) in [5.74, 6) is -0.219. The Labute approximate surface area is 124 Å². The van der Waals surface area contributed by atoms with Crippen molar-refractivity contribution in [2.45, 2.75) is 13.0 Å². The number of hydrogen-bond acceptors (Lipinski definition) is 2. The van der Waals surface area contributed by atoms with E-state index >= 15 is 0 Å². The second-order valence-electron chi connectivity index (χ2n) is 4.76. The molecule has 0 bridgehead atoms. The van der Waals surface area contributed by atoms with Gasteiger partial charge in [-0.3, -0.25) is 0 Å². The zero-order valence-corrected chi connectivity index (χ0v) is 12.2. The van der Waals surface area contributed by atoms with Gasteiger partial charge in [-0.15, -0.1) is 0 Å². The second kappa shape index (κ2) is 6.73. The molecule has 2 aromatic rings. The van der Waals surface area contributed by atoms with Gasteiger partial charge in [0.25, 0.3) is 0 Å².